The van der Waals surface area contributed by atoms with Crippen LogP contribution in [0.1, 0.15) is 48.1 Å². The minimum atomic E-state index is -0.403. The van der Waals surface area contributed by atoms with Crippen molar-refractivity contribution in [2.24, 2.45) is 0 Å². The van der Waals surface area contributed by atoms with Crippen LogP contribution in [-0.2, 0) is 16.9 Å². The summed E-state index contributed by atoms with van der Waals surface area (Å²) in [5, 5.41) is 10.2. The monoisotopic (exact) mass is 313 g/mol. The van der Waals surface area contributed by atoms with Gasteiger partial charge in [-0.3, -0.25) is 4.79 Å². The lowest BCUT2D eigenvalue weighted by molar-refractivity contribution is -0.0760. The maximum Gasteiger partial charge on any atom is 0.272 e. The molecule has 1 aliphatic rings. The zero-order chi connectivity index (χ0) is 16.1. The molecule has 3 rings (SSSR count). The van der Waals surface area contributed by atoms with Crippen LogP contribution in [0.15, 0.2) is 30.7 Å². The molecule has 1 amide bonds. The molecule has 1 aliphatic heterocycles. The Morgan fingerprint density at radius 2 is 2.17 bits per heavy atom. The Hall–Kier alpha value is -2.41. The SMILES string of the molecule is CC1(c2ncc(CNC(=O)c3cccnn3)cn2)CCCCO1. The Bertz CT molecular complexity index is 654. The molecule has 0 spiro atoms. The molecule has 0 aliphatic carbocycles. The van der Waals surface area contributed by atoms with Gasteiger partial charge in [0.05, 0.1) is 0 Å². The number of carbonyl (C=O) groups is 1. The molecule has 3 heterocycles. The topological polar surface area (TPSA) is 89.9 Å². The summed E-state index contributed by atoms with van der Waals surface area (Å²) in [6, 6.07) is 3.29. The van der Waals surface area contributed by atoms with Crippen molar-refractivity contribution in [3.8, 4) is 0 Å². The predicted octanol–water partition coefficient (Wildman–Crippen LogP) is 1.61. The van der Waals surface area contributed by atoms with E-state index in [0.29, 0.717) is 12.4 Å². The van der Waals surface area contributed by atoms with Crippen molar-refractivity contribution in [1.82, 2.24) is 25.5 Å². The number of hydrogen-bond donors (Lipinski definition) is 1. The highest BCUT2D eigenvalue weighted by Crippen LogP contribution is 2.32. The van der Waals surface area contributed by atoms with Crippen molar-refractivity contribution < 1.29 is 9.53 Å². The summed E-state index contributed by atoms with van der Waals surface area (Å²) in [7, 11) is 0. The molecule has 1 unspecified atom stereocenters. The third-order valence-electron chi connectivity index (χ3n) is 3.91. The lowest BCUT2D eigenvalue weighted by Gasteiger charge is -2.32. The van der Waals surface area contributed by atoms with Crippen LogP contribution in [0.4, 0.5) is 0 Å². The van der Waals surface area contributed by atoms with Crippen LogP contribution in [0.25, 0.3) is 0 Å². The highest BCUT2D eigenvalue weighted by Gasteiger charge is 2.32. The van der Waals surface area contributed by atoms with Crippen LogP contribution in [-0.4, -0.2) is 32.7 Å². The van der Waals surface area contributed by atoms with Crippen LogP contribution in [0.3, 0.4) is 0 Å². The molecule has 1 saturated heterocycles. The van der Waals surface area contributed by atoms with E-state index >= 15 is 0 Å². The Morgan fingerprint density at radius 3 is 2.83 bits per heavy atom. The van der Waals surface area contributed by atoms with Gasteiger partial charge in [0.25, 0.3) is 5.91 Å². The van der Waals surface area contributed by atoms with E-state index < -0.39 is 5.60 Å². The van der Waals surface area contributed by atoms with Crippen LogP contribution >= 0.6 is 0 Å². The van der Waals surface area contributed by atoms with E-state index in [1.807, 2.05) is 6.92 Å². The molecule has 2 aromatic rings. The number of ether oxygens (including phenoxy) is 1. The molecular weight excluding hydrogens is 294 g/mol. The average molecular weight is 313 g/mol. The van der Waals surface area contributed by atoms with Crippen molar-refractivity contribution in [2.45, 2.75) is 38.3 Å². The zero-order valence-corrected chi connectivity index (χ0v) is 13.0. The Kier molecular flexibility index (Phi) is 4.57. The Balaban J connectivity index is 1.60. The third kappa shape index (κ3) is 3.68. The molecule has 0 radical (unpaired) electrons. The summed E-state index contributed by atoms with van der Waals surface area (Å²) in [6.07, 6.45) is 8.11. The van der Waals surface area contributed by atoms with Gasteiger partial charge in [-0.2, -0.15) is 5.10 Å². The summed E-state index contributed by atoms with van der Waals surface area (Å²) in [4.78, 5) is 20.7. The van der Waals surface area contributed by atoms with E-state index in [-0.39, 0.29) is 11.6 Å². The molecule has 7 nitrogen and oxygen atoms in total. The van der Waals surface area contributed by atoms with Crippen LogP contribution in [0.5, 0.6) is 0 Å². The zero-order valence-electron chi connectivity index (χ0n) is 13.0. The number of nitrogens with one attached hydrogen (secondary N) is 1. The van der Waals surface area contributed by atoms with Gasteiger partial charge in [0.2, 0.25) is 0 Å². The minimum absolute atomic E-state index is 0.273. The first-order valence-corrected chi connectivity index (χ1v) is 7.69. The minimum Gasteiger partial charge on any atom is -0.367 e. The van der Waals surface area contributed by atoms with Crippen molar-refractivity contribution in [2.75, 3.05) is 6.61 Å². The molecule has 1 N–H and O–H groups in total. The summed E-state index contributed by atoms with van der Waals surface area (Å²) < 4.78 is 5.84. The maximum atomic E-state index is 11.9. The second kappa shape index (κ2) is 6.78. The lowest BCUT2D eigenvalue weighted by atomic mass is 9.95. The van der Waals surface area contributed by atoms with Gasteiger partial charge in [-0.15, -0.1) is 5.10 Å². The molecule has 0 saturated carbocycles. The smallest absolute Gasteiger partial charge is 0.272 e. The normalized spacial score (nSPS) is 20.9. The molecule has 7 heteroatoms. The predicted molar refractivity (Wildman–Crippen MR) is 82.4 cm³/mol. The molecule has 23 heavy (non-hydrogen) atoms. The fourth-order valence-corrected chi connectivity index (χ4v) is 2.53. The molecule has 0 bridgehead atoms. The number of carbonyl (C=O) groups excluding carboxylic acids is 1. The van der Waals surface area contributed by atoms with Crippen LogP contribution in [0, 0.1) is 0 Å². The number of amides is 1. The van der Waals surface area contributed by atoms with E-state index in [1.54, 1.807) is 24.5 Å². The van der Waals surface area contributed by atoms with Gasteiger partial charge >= 0.3 is 0 Å². The van der Waals surface area contributed by atoms with Gasteiger partial charge in [0, 0.05) is 37.3 Å². The van der Waals surface area contributed by atoms with E-state index in [0.717, 1.165) is 31.4 Å². The fourth-order valence-electron chi connectivity index (χ4n) is 2.53. The second-order valence-corrected chi connectivity index (χ2v) is 5.74. The Morgan fingerprint density at radius 1 is 1.35 bits per heavy atom. The fraction of sp³-hybridized carbons (Fsp3) is 0.438. The van der Waals surface area contributed by atoms with Gasteiger partial charge in [-0.25, -0.2) is 9.97 Å². The summed E-state index contributed by atoms with van der Waals surface area (Å²) in [6.45, 7) is 3.11. The lowest BCUT2D eigenvalue weighted by Crippen LogP contribution is -2.32. The van der Waals surface area contributed by atoms with Crippen molar-refractivity contribution in [3.05, 3.63) is 47.8 Å². The molecule has 0 aromatic carbocycles. The van der Waals surface area contributed by atoms with E-state index in [4.69, 9.17) is 4.74 Å². The molecule has 1 atom stereocenters. The average Bonchev–Trinajstić information content (AvgIpc) is 2.61. The van der Waals surface area contributed by atoms with E-state index in [9.17, 15) is 4.79 Å². The standard InChI is InChI=1S/C16H19N5O2/c1-16(6-2-3-8-23-16)15-18-10-12(11-19-15)9-17-14(22)13-5-4-7-20-21-13/h4-5,7,10-11H,2-3,6,8-9H2,1H3,(H,17,22). The van der Waals surface area contributed by atoms with Gasteiger partial charge < -0.3 is 10.1 Å². The number of hydrogen-bond acceptors (Lipinski definition) is 6. The first-order chi connectivity index (χ1) is 11.2. The van der Waals surface area contributed by atoms with Gasteiger partial charge in [-0.1, -0.05) is 0 Å². The largest absolute Gasteiger partial charge is 0.367 e. The van der Waals surface area contributed by atoms with Gasteiger partial charge in [0.1, 0.15) is 5.60 Å². The number of nitrogens with zero attached hydrogens (tertiary/aromatic N) is 4. The molecule has 1 fully saturated rings. The first-order valence-electron chi connectivity index (χ1n) is 7.69. The van der Waals surface area contributed by atoms with Crippen LogP contribution < -0.4 is 5.32 Å². The third-order valence-corrected chi connectivity index (χ3v) is 3.91. The first kappa shape index (κ1) is 15.5. The Labute approximate surface area is 134 Å². The summed E-state index contributed by atoms with van der Waals surface area (Å²) in [5.41, 5.74) is 0.707. The van der Waals surface area contributed by atoms with Crippen molar-refractivity contribution in [3.63, 3.8) is 0 Å². The summed E-state index contributed by atoms with van der Waals surface area (Å²) in [5.74, 6) is 0.422. The van der Waals surface area contributed by atoms with Crippen molar-refractivity contribution in [1.29, 1.82) is 0 Å². The van der Waals surface area contributed by atoms with E-state index in [2.05, 4.69) is 25.5 Å². The second-order valence-electron chi connectivity index (χ2n) is 5.74. The molecule has 120 valence electrons. The summed E-state index contributed by atoms with van der Waals surface area (Å²) >= 11 is 0. The highest BCUT2D eigenvalue weighted by molar-refractivity contribution is 5.91. The van der Waals surface area contributed by atoms with Crippen molar-refractivity contribution >= 4 is 5.91 Å². The van der Waals surface area contributed by atoms with Gasteiger partial charge in [0.15, 0.2) is 11.5 Å². The molecular formula is C16H19N5O2. The maximum absolute atomic E-state index is 11.9. The quantitative estimate of drug-likeness (QED) is 0.922. The number of rotatable bonds is 4. The molecule has 2 aromatic heterocycles. The number of aromatic nitrogens is 4. The van der Waals surface area contributed by atoms with Gasteiger partial charge in [-0.05, 0) is 38.3 Å². The highest BCUT2D eigenvalue weighted by atomic mass is 16.5. The van der Waals surface area contributed by atoms with Crippen LogP contribution in [0.2, 0.25) is 0 Å². The van der Waals surface area contributed by atoms with E-state index in [1.165, 1.54) is 6.20 Å².